The minimum absolute atomic E-state index is 0.0821. The van der Waals surface area contributed by atoms with Crippen molar-refractivity contribution in [2.75, 3.05) is 6.61 Å². The van der Waals surface area contributed by atoms with Gasteiger partial charge in [0.25, 0.3) is 0 Å². The van der Waals surface area contributed by atoms with E-state index in [1.165, 1.54) is 6.42 Å². The zero-order valence-electron chi connectivity index (χ0n) is 30.4. The molecule has 3 aliphatic rings. The molecule has 2 aromatic carbocycles. The number of aliphatic hydroxyl groups is 1. The van der Waals surface area contributed by atoms with Gasteiger partial charge in [0.15, 0.2) is 0 Å². The maximum Gasteiger partial charge on any atom is 0.331 e. The first kappa shape index (κ1) is 39.2. The van der Waals surface area contributed by atoms with Crippen LogP contribution in [0.15, 0.2) is 24.3 Å². The van der Waals surface area contributed by atoms with Crippen LogP contribution >= 0.6 is 23.2 Å². The Bertz CT molecular complexity index is 1460. The van der Waals surface area contributed by atoms with Crippen molar-refractivity contribution < 1.29 is 24.2 Å². The van der Waals surface area contributed by atoms with Gasteiger partial charge in [0.05, 0.1) is 30.6 Å². The molecule has 1 saturated heterocycles. The quantitative estimate of drug-likeness (QED) is 0.238. The topological polar surface area (TPSA) is 105 Å². The lowest BCUT2D eigenvalue weighted by molar-refractivity contribution is -0.155. The molecule has 2 unspecified atom stereocenters. The van der Waals surface area contributed by atoms with E-state index in [9.17, 15) is 19.5 Å². The van der Waals surface area contributed by atoms with Gasteiger partial charge >= 0.3 is 5.97 Å². The van der Waals surface area contributed by atoms with E-state index in [0.717, 1.165) is 78.3 Å². The summed E-state index contributed by atoms with van der Waals surface area (Å²) < 4.78 is 5.29. The van der Waals surface area contributed by atoms with Gasteiger partial charge in [0.2, 0.25) is 11.8 Å². The van der Waals surface area contributed by atoms with Gasteiger partial charge < -0.3 is 20.5 Å². The second kappa shape index (κ2) is 16.6. The summed E-state index contributed by atoms with van der Waals surface area (Å²) in [6, 6.07) is 7.79. The number of esters is 1. The largest absolute Gasteiger partial charge is 0.464 e. The molecule has 1 spiro atoms. The first-order valence-corrected chi connectivity index (χ1v) is 18.9. The van der Waals surface area contributed by atoms with Crippen LogP contribution in [0.25, 0.3) is 0 Å². The minimum Gasteiger partial charge on any atom is -0.464 e. The van der Waals surface area contributed by atoms with E-state index < -0.39 is 23.1 Å². The number of rotatable bonds is 8. The number of aliphatic hydroxyl groups excluding tert-OH is 1. The number of nitrogens with one attached hydrogen (secondary N) is 2. The number of aryl methyl sites for hydroxylation is 4. The van der Waals surface area contributed by atoms with E-state index in [4.69, 9.17) is 27.9 Å². The van der Waals surface area contributed by atoms with Crippen molar-refractivity contribution in [3.05, 3.63) is 67.7 Å². The molecule has 2 amide bonds. The highest BCUT2D eigenvalue weighted by Crippen LogP contribution is 2.46. The molecule has 5 rings (SSSR count). The molecule has 0 bridgehead atoms. The molecule has 1 aliphatic heterocycles. The van der Waals surface area contributed by atoms with Crippen LogP contribution in [0.5, 0.6) is 0 Å². The van der Waals surface area contributed by atoms with Crippen molar-refractivity contribution in [2.24, 2.45) is 11.8 Å². The van der Waals surface area contributed by atoms with E-state index in [2.05, 4.69) is 24.5 Å². The van der Waals surface area contributed by atoms with Crippen LogP contribution < -0.4 is 10.6 Å². The van der Waals surface area contributed by atoms with Gasteiger partial charge in [-0.1, -0.05) is 62.0 Å². The van der Waals surface area contributed by atoms with Crippen LogP contribution in [0.4, 0.5) is 0 Å². The van der Waals surface area contributed by atoms with Crippen molar-refractivity contribution >= 4 is 41.0 Å². The van der Waals surface area contributed by atoms with Crippen LogP contribution in [0.3, 0.4) is 0 Å². The molecule has 270 valence electrons. The molecule has 49 heavy (non-hydrogen) atoms. The predicted octanol–water partition coefficient (Wildman–Crippen LogP) is 8.39. The van der Waals surface area contributed by atoms with Gasteiger partial charge in [-0.15, -0.1) is 0 Å². The summed E-state index contributed by atoms with van der Waals surface area (Å²) in [4.78, 5) is 38.0. The summed E-state index contributed by atoms with van der Waals surface area (Å²) in [7, 11) is 0. The maximum atomic E-state index is 12.8. The summed E-state index contributed by atoms with van der Waals surface area (Å²) in [6.45, 7) is 14.4. The van der Waals surface area contributed by atoms with E-state index in [1.54, 1.807) is 6.92 Å². The molecule has 2 saturated carbocycles. The third-order valence-corrected chi connectivity index (χ3v) is 12.0. The number of halogens is 2. The highest BCUT2D eigenvalue weighted by molar-refractivity contribution is 6.32. The van der Waals surface area contributed by atoms with Gasteiger partial charge in [-0.3, -0.25) is 9.59 Å². The third-order valence-electron chi connectivity index (χ3n) is 11.4. The second-order valence-electron chi connectivity index (χ2n) is 14.8. The third kappa shape index (κ3) is 8.83. The average molecular weight is 716 g/mol. The Morgan fingerprint density at radius 1 is 0.857 bits per heavy atom. The molecule has 7 nitrogen and oxygen atoms in total. The van der Waals surface area contributed by atoms with Crippen molar-refractivity contribution in [3.63, 3.8) is 0 Å². The maximum absolute atomic E-state index is 12.8. The Labute approximate surface area is 303 Å². The normalized spacial score (nSPS) is 28.0. The Hall–Kier alpha value is -2.61. The SMILES string of the molecule is CCC1CCC2(CC1)NC(=O)C(c1c(C)cc(C)cc1Cl)C2O.CCOC(=O)C1(NC(=O)Cc2c(C)cc(C)cc2Cl)CCC(CC)CC1. The van der Waals surface area contributed by atoms with Crippen LogP contribution in [-0.2, 0) is 25.5 Å². The number of amides is 2. The highest BCUT2D eigenvalue weighted by Gasteiger charge is 2.54. The molecule has 0 radical (unpaired) electrons. The first-order valence-electron chi connectivity index (χ1n) is 18.2. The summed E-state index contributed by atoms with van der Waals surface area (Å²) in [5, 5.41) is 18.3. The monoisotopic (exact) mass is 714 g/mol. The number of hydrogen-bond donors (Lipinski definition) is 3. The lowest BCUT2D eigenvalue weighted by Crippen LogP contribution is -2.57. The second-order valence-corrected chi connectivity index (χ2v) is 15.6. The van der Waals surface area contributed by atoms with Crippen LogP contribution in [0.2, 0.25) is 10.0 Å². The van der Waals surface area contributed by atoms with Crippen molar-refractivity contribution in [1.29, 1.82) is 0 Å². The molecular formula is C40H56Cl2N2O5. The Balaban J connectivity index is 0.000000222. The van der Waals surface area contributed by atoms with E-state index in [0.29, 0.717) is 41.3 Å². The van der Waals surface area contributed by atoms with Gasteiger partial charge in [-0.2, -0.15) is 0 Å². The predicted molar refractivity (Wildman–Crippen MR) is 197 cm³/mol. The number of carbonyl (C=O) groups is 3. The van der Waals surface area contributed by atoms with Gasteiger partial charge in [0.1, 0.15) is 5.54 Å². The van der Waals surface area contributed by atoms with E-state index >= 15 is 0 Å². The first-order chi connectivity index (χ1) is 23.2. The number of ether oxygens (including phenoxy) is 1. The zero-order chi connectivity index (χ0) is 36.1. The van der Waals surface area contributed by atoms with E-state index in [-0.39, 0.29) is 24.2 Å². The minimum atomic E-state index is -0.899. The Morgan fingerprint density at radius 3 is 1.90 bits per heavy atom. The van der Waals surface area contributed by atoms with Gasteiger partial charge in [-0.05, 0) is 143 Å². The summed E-state index contributed by atoms with van der Waals surface area (Å²) in [5.74, 6) is 0.204. The molecule has 3 N–H and O–H groups in total. The molecular weight excluding hydrogens is 659 g/mol. The molecule has 0 aromatic heterocycles. The molecule has 1 heterocycles. The van der Waals surface area contributed by atoms with Crippen molar-refractivity contribution in [3.8, 4) is 0 Å². The Morgan fingerprint density at radius 2 is 1.39 bits per heavy atom. The van der Waals surface area contributed by atoms with E-state index in [1.807, 2.05) is 52.0 Å². The standard InChI is InChI=1S/C21H30ClNO3.C19H26ClNO2/c1-5-16-7-9-21(10-8-16,20(25)26-6-2)23-19(24)13-17-15(4)11-14(3)12-18(17)22;1-4-13-5-7-19(8-6-13)17(22)16(18(23)21-19)15-12(3)9-11(2)10-14(15)20/h11-12,16H,5-10,13H2,1-4H3,(H,23,24);9-10,13,16-17,22H,4-8H2,1-3H3,(H,21,23). The number of hydrogen-bond acceptors (Lipinski definition) is 5. The van der Waals surface area contributed by atoms with Crippen LogP contribution in [0.1, 0.15) is 124 Å². The molecule has 3 fully saturated rings. The van der Waals surface area contributed by atoms with Crippen molar-refractivity contribution in [1.82, 2.24) is 10.6 Å². The van der Waals surface area contributed by atoms with Gasteiger partial charge in [0, 0.05) is 10.0 Å². The van der Waals surface area contributed by atoms with Crippen molar-refractivity contribution in [2.45, 2.75) is 142 Å². The number of benzene rings is 2. The zero-order valence-corrected chi connectivity index (χ0v) is 32.0. The van der Waals surface area contributed by atoms with Crippen LogP contribution in [-0.4, -0.2) is 46.7 Å². The fraction of sp³-hybridized carbons (Fsp3) is 0.625. The fourth-order valence-electron chi connectivity index (χ4n) is 8.36. The average Bonchev–Trinajstić information content (AvgIpc) is 3.27. The molecule has 2 aromatic rings. The summed E-state index contributed by atoms with van der Waals surface area (Å²) in [6.07, 6.45) is 8.73. The number of carbonyl (C=O) groups excluding carboxylic acids is 3. The highest BCUT2D eigenvalue weighted by atomic mass is 35.5. The molecule has 2 atom stereocenters. The summed E-state index contributed by atoms with van der Waals surface area (Å²) >= 11 is 12.8. The lowest BCUT2D eigenvalue weighted by atomic mass is 9.71. The molecule has 2 aliphatic carbocycles. The molecule has 9 heteroatoms. The van der Waals surface area contributed by atoms with Crippen LogP contribution in [0, 0.1) is 39.5 Å². The Kier molecular flexibility index (Phi) is 13.3. The summed E-state index contributed by atoms with van der Waals surface area (Å²) in [5.41, 5.74) is 4.35. The van der Waals surface area contributed by atoms with Gasteiger partial charge in [-0.25, -0.2) is 4.79 Å². The lowest BCUT2D eigenvalue weighted by Gasteiger charge is -2.39. The smallest absolute Gasteiger partial charge is 0.331 e. The fourth-order valence-corrected chi connectivity index (χ4v) is 9.19.